The molecule has 2 aromatic heterocycles. The van der Waals surface area contributed by atoms with Gasteiger partial charge in [-0.15, -0.1) is 0 Å². The molecule has 1 aliphatic rings. The van der Waals surface area contributed by atoms with Crippen molar-refractivity contribution in [2.75, 3.05) is 12.3 Å². The molecule has 3 rings (SSSR count). The van der Waals surface area contributed by atoms with E-state index in [1.165, 1.54) is 10.9 Å². The third-order valence-electron chi connectivity index (χ3n) is 3.13. The number of ether oxygens (including phenoxy) is 1. The fourth-order valence-electron chi connectivity index (χ4n) is 2.20. The number of hydrogen-bond donors (Lipinski definition) is 4. The molecule has 0 aliphatic carbocycles. The second kappa shape index (κ2) is 4.58. The Balaban J connectivity index is 2.06. The summed E-state index contributed by atoms with van der Waals surface area (Å²) in [6.45, 7) is -0.307. The molecule has 3 heterocycles. The zero-order valence-corrected chi connectivity index (χ0v) is 10.2. The number of H-pyrrole nitrogens is 1. The van der Waals surface area contributed by atoms with E-state index in [1.54, 1.807) is 0 Å². The number of rotatable bonds is 2. The molecule has 0 amide bonds. The maximum atomic E-state index is 11.7. The van der Waals surface area contributed by atoms with Crippen LogP contribution in [0.25, 0.3) is 11.2 Å². The van der Waals surface area contributed by atoms with Gasteiger partial charge in [0.1, 0.15) is 12.3 Å². The number of nitrogens with zero attached hydrogens (tertiary/aromatic N) is 4. The number of anilines is 1. The van der Waals surface area contributed by atoms with Crippen LogP contribution in [0.4, 0.5) is 5.95 Å². The zero-order chi connectivity index (χ0) is 14.3. The second-order valence-corrected chi connectivity index (χ2v) is 4.33. The van der Waals surface area contributed by atoms with Gasteiger partial charge in [-0.3, -0.25) is 14.3 Å². The summed E-state index contributed by atoms with van der Waals surface area (Å²) in [5.41, 5.74) is 5.78. The molecule has 2 aromatic rings. The molecule has 0 spiro atoms. The molecule has 0 aromatic carbocycles. The number of nitrogen functional groups attached to an aromatic ring is 1. The monoisotopic (exact) mass is 280 g/mol. The van der Waals surface area contributed by atoms with Gasteiger partial charge in [0.25, 0.3) is 5.56 Å². The summed E-state index contributed by atoms with van der Waals surface area (Å²) in [6, 6.07) is 0. The highest BCUT2D eigenvalue weighted by atomic mass is 16.5. The van der Waals surface area contributed by atoms with Crippen molar-refractivity contribution in [2.45, 2.75) is 18.8 Å². The summed E-state index contributed by atoms with van der Waals surface area (Å²) >= 11 is 0. The van der Waals surface area contributed by atoms with Gasteiger partial charge in [0.15, 0.2) is 11.2 Å². The summed E-state index contributed by atoms with van der Waals surface area (Å²) in [5.74, 6) is -0.0306. The van der Waals surface area contributed by atoms with E-state index in [0.29, 0.717) is 5.71 Å². The Kier molecular flexibility index (Phi) is 2.88. The van der Waals surface area contributed by atoms with Crippen LogP contribution >= 0.6 is 0 Å². The highest BCUT2D eigenvalue weighted by Gasteiger charge is 2.34. The number of aliphatic hydroxyl groups excluding tert-OH is 1. The van der Waals surface area contributed by atoms with Gasteiger partial charge in [-0.05, 0) is 0 Å². The van der Waals surface area contributed by atoms with Crippen LogP contribution in [-0.2, 0) is 4.74 Å². The van der Waals surface area contributed by atoms with Crippen LogP contribution in [-0.4, -0.2) is 48.3 Å². The fourth-order valence-corrected chi connectivity index (χ4v) is 2.20. The van der Waals surface area contributed by atoms with Crippen LogP contribution in [0.15, 0.2) is 16.3 Å². The third-order valence-corrected chi connectivity index (χ3v) is 3.13. The minimum absolute atomic E-state index is 0.0306. The predicted molar refractivity (Wildman–Crippen MR) is 67.4 cm³/mol. The smallest absolute Gasteiger partial charge is 0.280 e. The first-order valence-corrected chi connectivity index (χ1v) is 5.83. The maximum Gasteiger partial charge on any atom is 0.280 e. The Morgan fingerprint density at radius 3 is 3.10 bits per heavy atom. The maximum absolute atomic E-state index is 11.7. The lowest BCUT2D eigenvalue weighted by Crippen LogP contribution is -2.20. The second-order valence-electron chi connectivity index (χ2n) is 4.33. The van der Waals surface area contributed by atoms with E-state index in [2.05, 4.69) is 20.1 Å². The molecule has 10 nitrogen and oxygen atoms in total. The SMILES string of the molecule is Nc1nc2c(ncn2[C@H]2C/C(=N\O)[C@@H](CO)O2)c(=O)[nH]1. The van der Waals surface area contributed by atoms with Gasteiger partial charge >= 0.3 is 0 Å². The van der Waals surface area contributed by atoms with E-state index in [-0.39, 0.29) is 30.1 Å². The molecule has 0 saturated carbocycles. The molecule has 10 heteroatoms. The van der Waals surface area contributed by atoms with Crippen molar-refractivity contribution in [1.29, 1.82) is 0 Å². The molecule has 1 saturated heterocycles. The lowest BCUT2D eigenvalue weighted by atomic mass is 10.2. The molecule has 5 N–H and O–H groups in total. The first-order valence-electron chi connectivity index (χ1n) is 5.83. The molecule has 1 fully saturated rings. The fraction of sp³-hybridized carbons (Fsp3) is 0.400. The number of imidazole rings is 1. The molecule has 1 aliphatic heterocycles. The first-order chi connectivity index (χ1) is 9.63. The Bertz CT molecular complexity index is 735. The number of oxime groups is 1. The van der Waals surface area contributed by atoms with E-state index in [4.69, 9.17) is 20.8 Å². The number of nitrogens with two attached hydrogens (primary N) is 1. The van der Waals surface area contributed by atoms with Crippen molar-refractivity contribution >= 4 is 22.8 Å². The lowest BCUT2D eigenvalue weighted by Gasteiger charge is -2.12. The first kappa shape index (κ1) is 12.6. The van der Waals surface area contributed by atoms with Crippen LogP contribution < -0.4 is 11.3 Å². The Hall–Kier alpha value is -2.46. The normalized spacial score (nSPS) is 24.8. The van der Waals surface area contributed by atoms with E-state index in [1.807, 2.05) is 0 Å². The van der Waals surface area contributed by atoms with Gasteiger partial charge in [0.2, 0.25) is 5.95 Å². The molecular formula is C10H12N6O4. The van der Waals surface area contributed by atoms with Crippen molar-refractivity contribution in [3.8, 4) is 0 Å². The molecule has 106 valence electrons. The van der Waals surface area contributed by atoms with E-state index in [0.717, 1.165) is 0 Å². The van der Waals surface area contributed by atoms with Crippen LogP contribution in [0.5, 0.6) is 0 Å². The number of aromatic amines is 1. The van der Waals surface area contributed by atoms with Crippen LogP contribution in [0, 0.1) is 0 Å². The quantitative estimate of drug-likeness (QED) is 0.398. The van der Waals surface area contributed by atoms with Crippen LogP contribution in [0.2, 0.25) is 0 Å². The molecule has 0 bridgehead atoms. The van der Waals surface area contributed by atoms with Gasteiger partial charge < -0.3 is 20.8 Å². The third kappa shape index (κ3) is 1.82. The van der Waals surface area contributed by atoms with E-state index >= 15 is 0 Å². The highest BCUT2D eigenvalue weighted by molar-refractivity contribution is 5.90. The minimum atomic E-state index is -0.693. The zero-order valence-electron chi connectivity index (χ0n) is 10.2. The Morgan fingerprint density at radius 2 is 2.45 bits per heavy atom. The largest absolute Gasteiger partial charge is 0.411 e. The molecule has 0 radical (unpaired) electrons. The molecule has 0 unspecified atom stereocenters. The number of aromatic nitrogens is 4. The number of aliphatic hydroxyl groups is 1. The molecule has 20 heavy (non-hydrogen) atoms. The van der Waals surface area contributed by atoms with E-state index in [9.17, 15) is 4.79 Å². The topological polar surface area (TPSA) is 152 Å². The van der Waals surface area contributed by atoms with Gasteiger partial charge in [-0.2, -0.15) is 4.98 Å². The number of fused-ring (bicyclic) bond motifs is 1. The van der Waals surface area contributed by atoms with Crippen molar-refractivity contribution in [2.24, 2.45) is 5.16 Å². The standard InChI is InChI=1S/C10H12N6O4/c11-10-13-8-7(9(18)14-10)12-3-16(8)6-1-4(15-19)5(2-17)20-6/h3,5-6,17,19H,1-2H2,(H3,11,13,14,18)/b15-4+/t5-,6-/m1/s1. The summed E-state index contributed by atoms with van der Waals surface area (Å²) in [7, 11) is 0. The highest BCUT2D eigenvalue weighted by Crippen LogP contribution is 2.28. The van der Waals surface area contributed by atoms with Gasteiger partial charge in [0, 0.05) is 6.42 Å². The molecular weight excluding hydrogens is 268 g/mol. The number of nitrogens with one attached hydrogen (secondary N) is 1. The van der Waals surface area contributed by atoms with Gasteiger partial charge in [-0.25, -0.2) is 4.98 Å². The molecule has 2 atom stereocenters. The van der Waals surface area contributed by atoms with Gasteiger partial charge in [-0.1, -0.05) is 5.16 Å². The van der Waals surface area contributed by atoms with Crippen molar-refractivity contribution in [1.82, 2.24) is 19.5 Å². The summed E-state index contributed by atoms with van der Waals surface area (Å²) in [5, 5.41) is 21.1. The van der Waals surface area contributed by atoms with Crippen molar-refractivity contribution < 1.29 is 15.1 Å². The van der Waals surface area contributed by atoms with Crippen LogP contribution in [0.1, 0.15) is 12.6 Å². The number of hydrogen-bond acceptors (Lipinski definition) is 8. The predicted octanol–water partition coefficient (Wildman–Crippen LogP) is -1.19. The Labute approximate surface area is 111 Å². The summed E-state index contributed by atoms with van der Waals surface area (Å²) < 4.78 is 7.05. The average molecular weight is 280 g/mol. The van der Waals surface area contributed by atoms with Crippen LogP contribution in [0.3, 0.4) is 0 Å². The van der Waals surface area contributed by atoms with Gasteiger partial charge in [0.05, 0.1) is 18.6 Å². The summed E-state index contributed by atoms with van der Waals surface area (Å²) in [6.07, 6.45) is 0.381. The lowest BCUT2D eigenvalue weighted by molar-refractivity contribution is -0.0108. The van der Waals surface area contributed by atoms with Crippen molar-refractivity contribution in [3.63, 3.8) is 0 Å². The van der Waals surface area contributed by atoms with E-state index < -0.39 is 17.9 Å². The summed E-state index contributed by atoms with van der Waals surface area (Å²) in [4.78, 5) is 22.0. The van der Waals surface area contributed by atoms with Crippen molar-refractivity contribution in [3.05, 3.63) is 16.7 Å². The average Bonchev–Trinajstić information content (AvgIpc) is 3.01. The Morgan fingerprint density at radius 1 is 1.65 bits per heavy atom. The minimum Gasteiger partial charge on any atom is -0.411 e.